The van der Waals surface area contributed by atoms with Crippen LogP contribution in [-0.2, 0) is 13.2 Å². The van der Waals surface area contributed by atoms with E-state index in [0.29, 0.717) is 5.56 Å². The van der Waals surface area contributed by atoms with Crippen LogP contribution in [0.1, 0.15) is 11.3 Å². The molecule has 1 heterocycles. The van der Waals surface area contributed by atoms with Crippen LogP contribution in [0, 0.1) is 12.7 Å². The molecular weight excluding hydrogens is 284 g/mol. The topological polar surface area (TPSA) is 17.8 Å². The highest BCUT2D eigenvalue weighted by atomic mass is 35.5. The average Bonchev–Trinajstić information content (AvgIpc) is 2.65. The first kappa shape index (κ1) is 13.9. The van der Waals surface area contributed by atoms with E-state index >= 15 is 0 Å². The van der Waals surface area contributed by atoms with Crippen molar-refractivity contribution in [3.05, 3.63) is 40.3 Å². The Morgan fingerprint density at radius 3 is 2.37 bits per heavy atom. The minimum atomic E-state index is -4.50. The number of benzene rings is 1. The molecule has 0 aliphatic heterocycles. The van der Waals surface area contributed by atoms with Crippen LogP contribution >= 0.6 is 11.6 Å². The van der Waals surface area contributed by atoms with Gasteiger partial charge in [0.15, 0.2) is 0 Å². The summed E-state index contributed by atoms with van der Waals surface area (Å²) in [6.45, 7) is 1.50. The van der Waals surface area contributed by atoms with Crippen molar-refractivity contribution in [3.8, 4) is 11.3 Å². The fraction of sp³-hybridized carbons (Fsp3) is 0.250. The molecule has 0 spiro atoms. The van der Waals surface area contributed by atoms with Crippen molar-refractivity contribution >= 4 is 11.6 Å². The molecule has 0 saturated heterocycles. The van der Waals surface area contributed by atoms with Crippen LogP contribution in [0.2, 0.25) is 5.02 Å². The van der Waals surface area contributed by atoms with E-state index in [9.17, 15) is 17.6 Å². The lowest BCUT2D eigenvalue weighted by atomic mass is 10.1. The highest BCUT2D eigenvalue weighted by Crippen LogP contribution is 2.34. The smallest absolute Gasteiger partial charge is 0.263 e. The van der Waals surface area contributed by atoms with E-state index in [1.54, 1.807) is 0 Å². The van der Waals surface area contributed by atoms with Gasteiger partial charge in [-0.05, 0) is 30.7 Å². The van der Waals surface area contributed by atoms with Crippen LogP contribution < -0.4 is 0 Å². The molecule has 0 aliphatic carbocycles. The number of rotatable bonds is 1. The zero-order chi connectivity index (χ0) is 14.4. The molecule has 102 valence electrons. The number of hydrogen-bond donors (Lipinski definition) is 0. The second-order valence-electron chi connectivity index (χ2n) is 4.12. The Labute approximate surface area is 111 Å². The van der Waals surface area contributed by atoms with Crippen molar-refractivity contribution in [1.29, 1.82) is 0 Å². The first-order valence-corrected chi connectivity index (χ1v) is 5.65. The minimum Gasteiger partial charge on any atom is -0.263 e. The van der Waals surface area contributed by atoms with E-state index in [1.165, 1.54) is 20.0 Å². The molecule has 2 aromatic rings. The van der Waals surface area contributed by atoms with Gasteiger partial charge in [-0.1, -0.05) is 11.6 Å². The lowest BCUT2D eigenvalue weighted by Gasteiger charge is -2.04. The van der Waals surface area contributed by atoms with E-state index in [1.807, 2.05) is 0 Å². The molecular formula is C12H9ClF4N2. The molecule has 0 bridgehead atoms. The summed E-state index contributed by atoms with van der Waals surface area (Å²) in [7, 11) is 1.19. The second-order valence-corrected chi connectivity index (χ2v) is 4.52. The summed E-state index contributed by atoms with van der Waals surface area (Å²) in [5.74, 6) is -0.513. The van der Waals surface area contributed by atoms with Crippen molar-refractivity contribution in [1.82, 2.24) is 9.78 Å². The highest BCUT2D eigenvalue weighted by molar-refractivity contribution is 6.33. The SMILES string of the molecule is Cc1cc(-c2cc(C(F)(F)F)n(C)n2)c(Cl)cc1F. The number of aryl methyl sites for hydroxylation is 2. The maximum absolute atomic E-state index is 13.3. The summed E-state index contributed by atoms with van der Waals surface area (Å²) in [5, 5.41) is 3.79. The zero-order valence-corrected chi connectivity index (χ0v) is 10.8. The lowest BCUT2D eigenvalue weighted by molar-refractivity contribution is -0.143. The molecule has 19 heavy (non-hydrogen) atoms. The molecule has 0 unspecified atom stereocenters. The van der Waals surface area contributed by atoms with Gasteiger partial charge in [-0.25, -0.2) is 4.39 Å². The Hall–Kier alpha value is -1.56. The van der Waals surface area contributed by atoms with Gasteiger partial charge in [0.1, 0.15) is 11.5 Å². The fourth-order valence-corrected chi connectivity index (χ4v) is 1.96. The van der Waals surface area contributed by atoms with Crippen molar-refractivity contribution in [2.24, 2.45) is 7.05 Å². The summed E-state index contributed by atoms with van der Waals surface area (Å²) < 4.78 is 52.0. The van der Waals surface area contributed by atoms with E-state index in [-0.39, 0.29) is 16.3 Å². The monoisotopic (exact) mass is 292 g/mol. The summed E-state index contributed by atoms with van der Waals surface area (Å²) in [5.41, 5.74) is -0.270. The molecule has 0 radical (unpaired) electrons. The van der Waals surface area contributed by atoms with Crippen molar-refractivity contribution in [3.63, 3.8) is 0 Å². The largest absolute Gasteiger partial charge is 0.433 e. The van der Waals surface area contributed by atoms with Crippen LogP contribution in [0.5, 0.6) is 0 Å². The normalized spacial score (nSPS) is 11.9. The second kappa shape index (κ2) is 4.52. The van der Waals surface area contributed by atoms with Gasteiger partial charge in [-0.2, -0.15) is 18.3 Å². The van der Waals surface area contributed by atoms with Gasteiger partial charge in [0.25, 0.3) is 0 Å². The maximum atomic E-state index is 13.3. The van der Waals surface area contributed by atoms with E-state index in [2.05, 4.69) is 5.10 Å². The molecule has 0 amide bonds. The summed E-state index contributed by atoms with van der Waals surface area (Å²) in [4.78, 5) is 0. The van der Waals surface area contributed by atoms with Gasteiger partial charge < -0.3 is 0 Å². The zero-order valence-electron chi connectivity index (χ0n) is 10.0. The molecule has 0 fully saturated rings. The summed E-state index contributed by atoms with van der Waals surface area (Å²) in [6.07, 6.45) is -4.50. The lowest BCUT2D eigenvalue weighted by Crippen LogP contribution is -2.11. The van der Waals surface area contributed by atoms with Gasteiger partial charge in [0.2, 0.25) is 0 Å². The van der Waals surface area contributed by atoms with E-state index < -0.39 is 17.7 Å². The van der Waals surface area contributed by atoms with Gasteiger partial charge >= 0.3 is 6.18 Å². The quantitative estimate of drug-likeness (QED) is 0.720. The molecule has 0 saturated carbocycles. The fourth-order valence-electron chi connectivity index (χ4n) is 1.72. The average molecular weight is 293 g/mol. The van der Waals surface area contributed by atoms with Crippen LogP contribution in [0.4, 0.5) is 17.6 Å². The van der Waals surface area contributed by atoms with Gasteiger partial charge in [-0.15, -0.1) is 0 Å². The first-order valence-electron chi connectivity index (χ1n) is 5.27. The highest BCUT2D eigenvalue weighted by Gasteiger charge is 2.35. The Bertz CT molecular complexity index is 631. The van der Waals surface area contributed by atoms with Crippen LogP contribution in [0.15, 0.2) is 18.2 Å². The molecule has 7 heteroatoms. The molecule has 0 aliphatic rings. The van der Waals surface area contributed by atoms with Gasteiger partial charge in [0, 0.05) is 12.6 Å². The third-order valence-electron chi connectivity index (χ3n) is 2.69. The minimum absolute atomic E-state index is 0.0231. The standard InChI is InChI=1S/C12H9ClF4N2/c1-6-3-7(8(13)4-9(6)14)10-5-11(12(15,16)17)19(2)18-10/h3-5H,1-2H3. The van der Waals surface area contributed by atoms with Crippen LogP contribution in [-0.4, -0.2) is 9.78 Å². The summed E-state index contributed by atoms with van der Waals surface area (Å²) >= 11 is 5.84. The number of hydrogen-bond acceptors (Lipinski definition) is 1. The third kappa shape index (κ3) is 2.58. The van der Waals surface area contributed by atoms with Crippen LogP contribution in [0.25, 0.3) is 11.3 Å². The van der Waals surface area contributed by atoms with Gasteiger partial charge in [0.05, 0.1) is 10.7 Å². The Balaban J connectivity index is 2.58. The third-order valence-corrected chi connectivity index (χ3v) is 3.01. The van der Waals surface area contributed by atoms with Crippen molar-refractivity contribution in [2.45, 2.75) is 13.1 Å². The predicted molar refractivity (Wildman–Crippen MR) is 63.4 cm³/mol. The Morgan fingerprint density at radius 2 is 1.84 bits per heavy atom. The first-order chi connectivity index (χ1) is 8.70. The number of alkyl halides is 3. The van der Waals surface area contributed by atoms with Crippen molar-refractivity contribution in [2.75, 3.05) is 0 Å². The predicted octanol–water partition coefficient (Wildman–Crippen LogP) is 4.21. The molecule has 1 aromatic heterocycles. The molecule has 0 atom stereocenters. The Kier molecular flexibility index (Phi) is 3.30. The molecule has 2 rings (SSSR count). The molecule has 1 aromatic carbocycles. The number of halogens is 5. The van der Waals surface area contributed by atoms with Gasteiger partial charge in [-0.3, -0.25) is 4.68 Å². The summed E-state index contributed by atoms with van der Waals surface area (Å²) in [6, 6.07) is 3.33. The number of aromatic nitrogens is 2. The van der Waals surface area contributed by atoms with E-state index in [4.69, 9.17) is 11.6 Å². The molecule has 2 nitrogen and oxygen atoms in total. The van der Waals surface area contributed by atoms with Crippen molar-refractivity contribution < 1.29 is 17.6 Å². The molecule has 0 N–H and O–H groups in total. The van der Waals surface area contributed by atoms with Crippen LogP contribution in [0.3, 0.4) is 0 Å². The number of nitrogens with zero attached hydrogens (tertiary/aromatic N) is 2. The maximum Gasteiger partial charge on any atom is 0.433 e. The Morgan fingerprint density at radius 1 is 1.21 bits per heavy atom. The van der Waals surface area contributed by atoms with E-state index in [0.717, 1.165) is 16.8 Å².